The molecule has 1 aliphatic rings. The number of fused-ring (bicyclic) bond motifs is 1. The van der Waals surface area contributed by atoms with Crippen LogP contribution in [-0.2, 0) is 24.1 Å². The normalized spacial score (nSPS) is 14.6. The molecular formula is C18H17F7N4OSn. The van der Waals surface area contributed by atoms with Gasteiger partial charge in [0.1, 0.15) is 0 Å². The molecule has 5 nitrogen and oxygen atoms in total. The van der Waals surface area contributed by atoms with Gasteiger partial charge in [0.05, 0.1) is 0 Å². The van der Waals surface area contributed by atoms with Crippen LogP contribution in [0, 0.1) is 5.82 Å². The molecule has 0 atom stereocenters. The summed E-state index contributed by atoms with van der Waals surface area (Å²) in [5.41, 5.74) is -0.656. The Kier molecular flexibility index (Phi) is 5.91. The zero-order valence-electron chi connectivity index (χ0n) is 16.5. The fourth-order valence-corrected chi connectivity index (χ4v) is 7.34. The van der Waals surface area contributed by atoms with E-state index in [1.54, 1.807) is 14.8 Å². The van der Waals surface area contributed by atoms with Crippen molar-refractivity contribution in [1.82, 2.24) is 14.9 Å². The van der Waals surface area contributed by atoms with Gasteiger partial charge in [-0.2, -0.15) is 0 Å². The molecule has 1 aliphatic heterocycles. The number of rotatable bonds is 3. The molecule has 2 heterocycles. The summed E-state index contributed by atoms with van der Waals surface area (Å²) in [5.74, 6) is -3.15. The monoisotopic (exact) mass is 558 g/mol. The number of carbonyl (C=O) groups excluding carboxylic acids is 1. The number of hydrogen-bond donors (Lipinski definition) is 1. The average molecular weight is 557 g/mol. The molecule has 1 amide bonds. The van der Waals surface area contributed by atoms with Crippen LogP contribution in [0.5, 0.6) is 0 Å². The van der Waals surface area contributed by atoms with Gasteiger partial charge < -0.3 is 0 Å². The number of benzene rings is 1. The number of nitrogens with one attached hydrogen (secondary N) is 1. The molecule has 0 saturated heterocycles. The first kappa shape index (κ1) is 23.5. The van der Waals surface area contributed by atoms with Crippen LogP contribution in [0.15, 0.2) is 18.3 Å². The summed E-state index contributed by atoms with van der Waals surface area (Å²) in [6.07, 6.45) is -9.04. The number of nitrogens with zero attached hydrogens (tertiary/aromatic N) is 3. The topological polar surface area (TPSA) is 58.1 Å². The molecule has 0 bridgehead atoms. The molecule has 3 rings (SSSR count). The minimum absolute atomic E-state index is 0.0946. The third-order valence-corrected chi connectivity index (χ3v) is 9.74. The summed E-state index contributed by atoms with van der Waals surface area (Å²) in [5, 5.41) is 2.51. The Balaban J connectivity index is 1.91. The van der Waals surface area contributed by atoms with E-state index in [4.69, 9.17) is 0 Å². The molecule has 31 heavy (non-hydrogen) atoms. The molecule has 0 aliphatic carbocycles. The van der Waals surface area contributed by atoms with Crippen LogP contribution in [0.1, 0.15) is 16.7 Å². The van der Waals surface area contributed by atoms with Gasteiger partial charge in [-0.25, -0.2) is 0 Å². The quantitative estimate of drug-likeness (QED) is 0.452. The van der Waals surface area contributed by atoms with E-state index < -0.39 is 54.6 Å². The first-order valence-corrected chi connectivity index (χ1v) is 19.0. The van der Waals surface area contributed by atoms with Crippen LogP contribution < -0.4 is 9.03 Å². The second-order valence-electron chi connectivity index (χ2n) is 8.09. The van der Waals surface area contributed by atoms with Gasteiger partial charge >= 0.3 is 176 Å². The maximum absolute atomic E-state index is 14.5. The van der Waals surface area contributed by atoms with E-state index in [2.05, 4.69) is 15.3 Å². The van der Waals surface area contributed by atoms with Crippen LogP contribution in [0.2, 0.25) is 14.8 Å². The second-order valence-corrected chi connectivity index (χ2v) is 22.3. The van der Waals surface area contributed by atoms with E-state index in [1.165, 1.54) is 6.07 Å². The Morgan fingerprint density at radius 3 is 2.16 bits per heavy atom. The molecule has 1 N–H and O–H groups in total. The molecule has 0 saturated carbocycles. The molecule has 0 spiro atoms. The van der Waals surface area contributed by atoms with E-state index >= 15 is 0 Å². The van der Waals surface area contributed by atoms with E-state index in [-0.39, 0.29) is 33.0 Å². The zero-order valence-corrected chi connectivity index (χ0v) is 19.4. The van der Waals surface area contributed by atoms with Gasteiger partial charge in [0.15, 0.2) is 0 Å². The van der Waals surface area contributed by atoms with E-state index in [0.29, 0.717) is 11.1 Å². The predicted molar refractivity (Wildman–Crippen MR) is 100 cm³/mol. The predicted octanol–water partition coefficient (Wildman–Crippen LogP) is 4.33. The summed E-state index contributed by atoms with van der Waals surface area (Å²) < 4.78 is 92.2. The summed E-state index contributed by atoms with van der Waals surface area (Å²) in [4.78, 5) is 24.8. The van der Waals surface area contributed by atoms with Gasteiger partial charge in [-0.1, -0.05) is 0 Å². The average Bonchev–Trinajstić information content (AvgIpc) is 3.01. The van der Waals surface area contributed by atoms with Crippen molar-refractivity contribution in [3.05, 3.63) is 40.8 Å². The number of carbonyl (C=O) groups is 1. The molecule has 1 aromatic carbocycles. The van der Waals surface area contributed by atoms with Crippen molar-refractivity contribution in [2.45, 2.75) is 40.3 Å². The third-order valence-electron chi connectivity index (χ3n) is 4.59. The Morgan fingerprint density at radius 2 is 1.65 bits per heavy atom. The molecule has 13 heteroatoms. The summed E-state index contributed by atoms with van der Waals surface area (Å²) in [7, 11) is 0. The van der Waals surface area contributed by atoms with Crippen LogP contribution in [0.3, 0.4) is 0 Å². The van der Waals surface area contributed by atoms with Gasteiger partial charge in [-0.3, -0.25) is 0 Å². The van der Waals surface area contributed by atoms with E-state index in [1.807, 2.05) is 0 Å². The van der Waals surface area contributed by atoms with Gasteiger partial charge in [0.25, 0.3) is 0 Å². The molecule has 1 aromatic heterocycles. The van der Waals surface area contributed by atoms with Crippen molar-refractivity contribution in [3.63, 3.8) is 0 Å². The SMILES string of the molecule is [CH3][Sn]([CH3])([CH3])[c]1nc(Nc2cc3c(cc2F)CN(C(=O)C(F)(F)F)C3)ncc1C(F)(F)F. The molecule has 2 aromatic rings. The van der Waals surface area contributed by atoms with Crippen LogP contribution in [-0.4, -0.2) is 45.3 Å². The molecule has 168 valence electrons. The molecule has 0 fully saturated rings. The number of amides is 1. The van der Waals surface area contributed by atoms with Crippen molar-refractivity contribution in [2.75, 3.05) is 5.32 Å². The van der Waals surface area contributed by atoms with Crippen LogP contribution in [0.4, 0.5) is 42.4 Å². The zero-order chi connectivity index (χ0) is 23.4. The number of aromatic nitrogens is 2. The molecule has 0 radical (unpaired) electrons. The number of anilines is 2. The van der Waals surface area contributed by atoms with Crippen LogP contribution in [0.25, 0.3) is 0 Å². The van der Waals surface area contributed by atoms with E-state index in [9.17, 15) is 35.5 Å². The number of hydrogen-bond acceptors (Lipinski definition) is 4. The van der Waals surface area contributed by atoms with Crippen LogP contribution >= 0.6 is 0 Å². The van der Waals surface area contributed by atoms with Crippen molar-refractivity contribution in [3.8, 4) is 0 Å². The first-order chi connectivity index (χ1) is 14.1. The van der Waals surface area contributed by atoms with Crippen molar-refractivity contribution < 1.29 is 35.5 Å². The Hall–Kier alpha value is -2.12. The second kappa shape index (κ2) is 7.78. The molecular weight excluding hydrogens is 540 g/mol. The fourth-order valence-electron chi connectivity index (χ4n) is 3.18. The minimum atomic E-state index is -5.05. The van der Waals surface area contributed by atoms with Crippen molar-refractivity contribution in [2.24, 2.45) is 0 Å². The van der Waals surface area contributed by atoms with Gasteiger partial charge in [0.2, 0.25) is 0 Å². The fraction of sp³-hybridized carbons (Fsp3) is 0.389. The van der Waals surface area contributed by atoms with Gasteiger partial charge in [0, 0.05) is 0 Å². The maximum atomic E-state index is 14.5. The number of halogens is 7. The van der Waals surface area contributed by atoms with Crippen molar-refractivity contribution in [1.29, 1.82) is 0 Å². The van der Waals surface area contributed by atoms with Gasteiger partial charge in [-0.15, -0.1) is 0 Å². The van der Waals surface area contributed by atoms with Gasteiger partial charge in [-0.05, 0) is 0 Å². The molecule has 0 unspecified atom stereocenters. The summed E-state index contributed by atoms with van der Waals surface area (Å²) in [6, 6.07) is 2.19. The summed E-state index contributed by atoms with van der Waals surface area (Å²) >= 11 is -3.36. The first-order valence-electron chi connectivity index (χ1n) is 8.96. The Labute approximate surface area is 176 Å². The Morgan fingerprint density at radius 1 is 1.06 bits per heavy atom. The van der Waals surface area contributed by atoms with E-state index in [0.717, 1.165) is 6.07 Å². The summed E-state index contributed by atoms with van der Waals surface area (Å²) in [6.45, 7) is -0.773. The Bertz CT molecular complexity index is 1030. The third kappa shape index (κ3) is 5.04. The standard InChI is InChI=1S/C15H8F7N4O.3CH3.Sn/c16-10-1-7-5-26(12(27)15(20,21)22)6-8(7)2-11(10)25-13-23-3-9(4-24-13)14(17,18)19;;;;/h1-3H,5-6H2,(H,23,24,25);3*1H3;. The number of alkyl halides is 6. The van der Waals surface area contributed by atoms with Crippen molar-refractivity contribution >= 4 is 39.6 Å².